The summed E-state index contributed by atoms with van der Waals surface area (Å²) < 4.78 is 10.4. The molecule has 1 N–H and O–H groups in total. The topological polar surface area (TPSA) is 64.6 Å². The maximum atomic E-state index is 12.2. The van der Waals surface area contributed by atoms with Gasteiger partial charge >= 0.3 is 5.97 Å². The molecule has 0 spiro atoms. The quantitative estimate of drug-likeness (QED) is 0.826. The smallest absolute Gasteiger partial charge is 0.341 e. The van der Waals surface area contributed by atoms with Crippen LogP contribution >= 0.6 is 11.3 Å². The molecule has 0 atom stereocenters. The van der Waals surface area contributed by atoms with Crippen molar-refractivity contribution in [1.29, 1.82) is 0 Å². The van der Waals surface area contributed by atoms with Gasteiger partial charge in [0.15, 0.2) is 6.61 Å². The molecule has 1 amide bonds. The van der Waals surface area contributed by atoms with Gasteiger partial charge in [-0.15, -0.1) is 11.3 Å². The van der Waals surface area contributed by atoms with Crippen LogP contribution in [0.4, 0.5) is 5.00 Å². The molecular weight excluding hydrogens is 338 g/mol. The lowest BCUT2D eigenvalue weighted by atomic mass is 9.95. The lowest BCUT2D eigenvalue weighted by Gasteiger charge is -2.12. The van der Waals surface area contributed by atoms with Crippen LogP contribution in [0.25, 0.3) is 0 Å². The van der Waals surface area contributed by atoms with Crippen LogP contribution < -0.4 is 10.1 Å². The van der Waals surface area contributed by atoms with Gasteiger partial charge in [0, 0.05) is 4.88 Å². The van der Waals surface area contributed by atoms with Crippen LogP contribution in [0.3, 0.4) is 0 Å². The van der Waals surface area contributed by atoms with Crippen molar-refractivity contribution in [3.63, 3.8) is 0 Å². The zero-order chi connectivity index (χ0) is 17.8. The summed E-state index contributed by atoms with van der Waals surface area (Å²) in [5.74, 6) is -0.0436. The third-order valence-corrected chi connectivity index (χ3v) is 5.41. The van der Waals surface area contributed by atoms with Crippen LogP contribution in [-0.2, 0) is 22.4 Å². The Balaban J connectivity index is 1.71. The monoisotopic (exact) mass is 359 g/mol. The molecule has 25 heavy (non-hydrogen) atoms. The van der Waals surface area contributed by atoms with Gasteiger partial charge < -0.3 is 14.8 Å². The van der Waals surface area contributed by atoms with E-state index in [2.05, 4.69) is 5.32 Å². The molecule has 132 valence electrons. The SMILES string of the molecule is COC(=O)c1c(NC(=O)COc2ccc(C)cc2)sc2c1CCCC2. The number of hydrogen-bond acceptors (Lipinski definition) is 5. The van der Waals surface area contributed by atoms with Gasteiger partial charge in [0.05, 0.1) is 12.7 Å². The van der Waals surface area contributed by atoms with Crippen LogP contribution in [0.2, 0.25) is 0 Å². The maximum Gasteiger partial charge on any atom is 0.341 e. The standard InChI is InChI=1S/C19H21NO4S/c1-12-7-9-13(10-8-12)24-11-16(21)20-18-17(19(22)23-2)14-5-3-4-6-15(14)25-18/h7-10H,3-6,11H2,1-2H3,(H,20,21). The largest absolute Gasteiger partial charge is 0.484 e. The normalized spacial score (nSPS) is 13.0. The number of hydrogen-bond donors (Lipinski definition) is 1. The molecule has 0 radical (unpaired) electrons. The highest BCUT2D eigenvalue weighted by atomic mass is 32.1. The van der Waals surface area contributed by atoms with Gasteiger partial charge in [-0.1, -0.05) is 17.7 Å². The minimum atomic E-state index is -0.394. The Hall–Kier alpha value is -2.34. The van der Waals surface area contributed by atoms with E-state index in [1.54, 1.807) is 0 Å². The zero-order valence-corrected chi connectivity index (χ0v) is 15.2. The lowest BCUT2D eigenvalue weighted by Crippen LogP contribution is -2.21. The summed E-state index contributed by atoms with van der Waals surface area (Å²) in [7, 11) is 1.36. The summed E-state index contributed by atoms with van der Waals surface area (Å²) >= 11 is 1.47. The summed E-state index contributed by atoms with van der Waals surface area (Å²) in [6.07, 6.45) is 3.96. The number of fused-ring (bicyclic) bond motifs is 1. The second kappa shape index (κ2) is 7.70. The number of aryl methyl sites for hydroxylation is 2. The van der Waals surface area contributed by atoms with Gasteiger partial charge in [0.25, 0.3) is 5.91 Å². The van der Waals surface area contributed by atoms with Crippen molar-refractivity contribution in [2.24, 2.45) is 0 Å². The Morgan fingerprint density at radius 2 is 1.88 bits per heavy atom. The highest BCUT2D eigenvalue weighted by Gasteiger charge is 2.26. The highest BCUT2D eigenvalue weighted by molar-refractivity contribution is 7.17. The third-order valence-electron chi connectivity index (χ3n) is 4.20. The summed E-state index contributed by atoms with van der Waals surface area (Å²) in [4.78, 5) is 25.6. The molecule has 0 bridgehead atoms. The summed E-state index contributed by atoms with van der Waals surface area (Å²) in [5.41, 5.74) is 2.66. The van der Waals surface area contributed by atoms with E-state index < -0.39 is 5.97 Å². The fourth-order valence-electron chi connectivity index (χ4n) is 2.92. The summed E-state index contributed by atoms with van der Waals surface area (Å²) in [5, 5.41) is 3.38. The van der Waals surface area contributed by atoms with Crippen molar-refractivity contribution in [2.75, 3.05) is 19.0 Å². The molecule has 0 aliphatic heterocycles. The molecule has 1 aromatic heterocycles. The number of anilines is 1. The molecule has 1 aliphatic carbocycles. The first-order chi connectivity index (χ1) is 12.1. The Labute approximate surface area is 151 Å². The minimum absolute atomic E-state index is 0.105. The first-order valence-electron chi connectivity index (χ1n) is 8.30. The molecule has 0 saturated heterocycles. The highest BCUT2D eigenvalue weighted by Crippen LogP contribution is 2.38. The second-order valence-electron chi connectivity index (χ2n) is 6.06. The van der Waals surface area contributed by atoms with Gasteiger partial charge in [0.2, 0.25) is 0 Å². The van der Waals surface area contributed by atoms with E-state index in [4.69, 9.17) is 9.47 Å². The van der Waals surface area contributed by atoms with Crippen LogP contribution in [-0.4, -0.2) is 25.6 Å². The van der Waals surface area contributed by atoms with Crippen molar-refractivity contribution >= 4 is 28.2 Å². The van der Waals surface area contributed by atoms with Gasteiger partial charge in [-0.2, -0.15) is 0 Å². The van der Waals surface area contributed by atoms with Gasteiger partial charge in [-0.05, 0) is 50.3 Å². The molecule has 1 aromatic carbocycles. The number of benzene rings is 1. The number of esters is 1. The van der Waals surface area contributed by atoms with Gasteiger partial charge in [0.1, 0.15) is 10.8 Å². The Bertz CT molecular complexity index is 779. The van der Waals surface area contributed by atoms with Crippen molar-refractivity contribution in [2.45, 2.75) is 32.6 Å². The maximum absolute atomic E-state index is 12.2. The number of ether oxygens (including phenoxy) is 2. The van der Waals surface area contributed by atoms with Crippen LogP contribution in [0.5, 0.6) is 5.75 Å². The molecule has 2 aromatic rings. The molecule has 0 fully saturated rings. The average molecular weight is 359 g/mol. The molecule has 3 rings (SSSR count). The average Bonchev–Trinajstić information content (AvgIpc) is 2.98. The van der Waals surface area contributed by atoms with E-state index in [9.17, 15) is 9.59 Å². The van der Waals surface area contributed by atoms with E-state index >= 15 is 0 Å². The molecule has 1 heterocycles. The Kier molecular flexibility index (Phi) is 5.38. The molecule has 0 saturated carbocycles. The lowest BCUT2D eigenvalue weighted by molar-refractivity contribution is -0.118. The minimum Gasteiger partial charge on any atom is -0.484 e. The van der Waals surface area contributed by atoms with Gasteiger partial charge in [-0.3, -0.25) is 4.79 Å². The van der Waals surface area contributed by atoms with Crippen LogP contribution in [0.15, 0.2) is 24.3 Å². The number of carbonyl (C=O) groups is 2. The predicted molar refractivity (Wildman–Crippen MR) is 97.6 cm³/mol. The Morgan fingerprint density at radius 1 is 1.16 bits per heavy atom. The second-order valence-corrected chi connectivity index (χ2v) is 7.16. The fraction of sp³-hybridized carbons (Fsp3) is 0.368. The first kappa shape index (κ1) is 17.5. The number of amides is 1. The number of thiophene rings is 1. The van der Waals surface area contributed by atoms with Crippen LogP contribution in [0, 0.1) is 6.92 Å². The van der Waals surface area contributed by atoms with E-state index in [0.29, 0.717) is 16.3 Å². The van der Waals surface area contributed by atoms with Crippen molar-refractivity contribution in [3.8, 4) is 5.75 Å². The predicted octanol–water partition coefficient (Wildman–Crippen LogP) is 3.74. The van der Waals surface area contributed by atoms with Crippen molar-refractivity contribution in [3.05, 3.63) is 45.8 Å². The van der Waals surface area contributed by atoms with Crippen molar-refractivity contribution in [1.82, 2.24) is 0 Å². The van der Waals surface area contributed by atoms with Crippen molar-refractivity contribution < 1.29 is 19.1 Å². The molecule has 5 nitrogen and oxygen atoms in total. The molecule has 6 heteroatoms. The Morgan fingerprint density at radius 3 is 2.60 bits per heavy atom. The van der Waals surface area contributed by atoms with E-state index in [1.165, 1.54) is 23.3 Å². The summed E-state index contributed by atoms with van der Waals surface area (Å²) in [6, 6.07) is 7.50. The first-order valence-corrected chi connectivity index (χ1v) is 9.12. The van der Waals surface area contributed by atoms with E-state index in [0.717, 1.165) is 36.8 Å². The van der Waals surface area contributed by atoms with Crippen LogP contribution in [0.1, 0.15) is 39.2 Å². The summed E-state index contributed by atoms with van der Waals surface area (Å²) in [6.45, 7) is 1.88. The number of carbonyl (C=O) groups excluding carboxylic acids is 2. The number of methoxy groups -OCH3 is 1. The van der Waals surface area contributed by atoms with Gasteiger partial charge in [-0.25, -0.2) is 4.79 Å². The molecule has 0 unspecified atom stereocenters. The number of nitrogens with one attached hydrogen (secondary N) is 1. The van der Waals surface area contributed by atoms with E-state index in [-0.39, 0.29) is 12.5 Å². The molecule has 1 aliphatic rings. The zero-order valence-electron chi connectivity index (χ0n) is 14.4. The van der Waals surface area contributed by atoms with E-state index in [1.807, 2.05) is 31.2 Å². The molecular formula is C19H21NO4S. The fourth-order valence-corrected chi connectivity index (χ4v) is 4.21. The number of rotatable bonds is 5. The third kappa shape index (κ3) is 4.02.